The number of hydrogen-bond acceptors (Lipinski definition) is 4. The number of H-pyrrole nitrogens is 1. The summed E-state index contributed by atoms with van der Waals surface area (Å²) in [6.07, 6.45) is 5.90. The van der Waals surface area contributed by atoms with Gasteiger partial charge in [0.15, 0.2) is 0 Å². The topological polar surface area (TPSA) is 51.4 Å². The van der Waals surface area contributed by atoms with E-state index in [0.717, 1.165) is 67.5 Å². The number of hydrogen-bond donors (Lipinski definition) is 2. The zero-order valence-electron chi connectivity index (χ0n) is 20.4. The first-order valence-corrected chi connectivity index (χ1v) is 13.4. The summed E-state index contributed by atoms with van der Waals surface area (Å²) in [5.41, 5.74) is 2.97. The van der Waals surface area contributed by atoms with E-state index in [-0.39, 0.29) is 17.8 Å². The van der Waals surface area contributed by atoms with Crippen molar-refractivity contribution >= 4 is 43.9 Å². The number of anilines is 1. The lowest BCUT2D eigenvalue weighted by Gasteiger charge is -2.34. The average molecular weight is 493 g/mol. The number of carbonyl (C=O) groups excluding carboxylic acids is 1. The molecule has 184 valence electrons. The van der Waals surface area contributed by atoms with Crippen molar-refractivity contribution in [2.24, 2.45) is 0 Å². The summed E-state index contributed by atoms with van der Waals surface area (Å²) < 4.78 is 15.9. The van der Waals surface area contributed by atoms with Crippen LogP contribution in [-0.4, -0.2) is 55.1 Å². The van der Waals surface area contributed by atoms with Crippen LogP contribution in [0.5, 0.6) is 0 Å². The van der Waals surface area contributed by atoms with Crippen molar-refractivity contribution in [1.29, 1.82) is 0 Å². The van der Waals surface area contributed by atoms with Gasteiger partial charge in [0.1, 0.15) is 5.82 Å². The molecule has 0 saturated carbocycles. The fourth-order valence-electron chi connectivity index (χ4n) is 4.95. The van der Waals surface area contributed by atoms with Gasteiger partial charge < -0.3 is 20.1 Å². The van der Waals surface area contributed by atoms with Gasteiger partial charge in [-0.1, -0.05) is 38.0 Å². The first-order valence-electron chi connectivity index (χ1n) is 12.5. The van der Waals surface area contributed by atoms with Crippen LogP contribution >= 0.6 is 11.3 Å². The molecule has 2 aromatic carbocycles. The van der Waals surface area contributed by atoms with Crippen molar-refractivity contribution in [2.45, 2.75) is 38.6 Å². The Morgan fingerprint density at radius 1 is 1.17 bits per heavy atom. The van der Waals surface area contributed by atoms with Crippen LogP contribution in [0.4, 0.5) is 10.1 Å². The van der Waals surface area contributed by atoms with E-state index < -0.39 is 0 Å². The molecule has 3 heterocycles. The Morgan fingerprint density at radius 3 is 2.77 bits per heavy atom. The van der Waals surface area contributed by atoms with Crippen LogP contribution in [0.25, 0.3) is 21.0 Å². The highest BCUT2D eigenvalue weighted by Gasteiger charge is 2.21. The Labute approximate surface area is 209 Å². The van der Waals surface area contributed by atoms with Crippen LogP contribution in [0.2, 0.25) is 0 Å². The summed E-state index contributed by atoms with van der Waals surface area (Å²) in [7, 11) is 2.09. The third-order valence-corrected chi connectivity index (χ3v) is 8.13. The molecule has 2 aromatic heterocycles. The highest BCUT2D eigenvalue weighted by Crippen LogP contribution is 2.33. The molecule has 1 aliphatic heterocycles. The molecular weight excluding hydrogens is 459 g/mol. The predicted octanol–water partition coefficient (Wildman–Crippen LogP) is 5.80. The van der Waals surface area contributed by atoms with E-state index in [1.807, 2.05) is 24.3 Å². The Hall–Kier alpha value is -2.90. The second kappa shape index (κ2) is 10.4. The van der Waals surface area contributed by atoms with Crippen molar-refractivity contribution in [3.8, 4) is 0 Å². The van der Waals surface area contributed by atoms with Crippen molar-refractivity contribution in [2.75, 3.05) is 38.1 Å². The van der Waals surface area contributed by atoms with Gasteiger partial charge in [0.25, 0.3) is 5.91 Å². The van der Waals surface area contributed by atoms with Gasteiger partial charge in [-0.2, -0.15) is 0 Å². The lowest BCUT2D eigenvalue weighted by Crippen LogP contribution is -2.44. The number of thiophene rings is 1. The molecule has 5 nitrogen and oxygen atoms in total. The molecule has 1 aliphatic rings. The van der Waals surface area contributed by atoms with Crippen LogP contribution in [0, 0.1) is 5.82 Å². The number of amides is 1. The van der Waals surface area contributed by atoms with Crippen LogP contribution in [-0.2, 0) is 6.42 Å². The van der Waals surface area contributed by atoms with Crippen molar-refractivity contribution in [3.05, 3.63) is 64.9 Å². The summed E-state index contributed by atoms with van der Waals surface area (Å²) in [6.45, 7) is 5.63. The second-order valence-electron chi connectivity index (χ2n) is 9.62. The summed E-state index contributed by atoms with van der Waals surface area (Å²) in [5, 5.41) is 5.27. The third-order valence-electron chi connectivity index (χ3n) is 7.04. The number of para-hydroxylation sites is 1. The Morgan fingerprint density at radius 2 is 1.97 bits per heavy atom. The van der Waals surface area contributed by atoms with Gasteiger partial charge in [0, 0.05) is 54.0 Å². The highest BCUT2D eigenvalue weighted by atomic mass is 32.1. The van der Waals surface area contributed by atoms with Gasteiger partial charge in [0.2, 0.25) is 0 Å². The van der Waals surface area contributed by atoms with Crippen molar-refractivity contribution in [1.82, 2.24) is 15.2 Å². The molecule has 1 saturated heterocycles. The van der Waals surface area contributed by atoms with E-state index in [2.05, 4.69) is 52.4 Å². The summed E-state index contributed by atoms with van der Waals surface area (Å²) in [4.78, 5) is 21.6. The van der Waals surface area contributed by atoms with Crippen LogP contribution < -0.4 is 10.2 Å². The lowest BCUT2D eigenvalue weighted by atomic mass is 10.0. The van der Waals surface area contributed by atoms with Gasteiger partial charge in [-0.05, 0) is 55.1 Å². The molecule has 0 aliphatic carbocycles. The molecule has 7 heteroatoms. The quantitative estimate of drug-likeness (QED) is 0.327. The van der Waals surface area contributed by atoms with E-state index in [0.29, 0.717) is 10.6 Å². The van der Waals surface area contributed by atoms with Gasteiger partial charge in [-0.15, -0.1) is 11.3 Å². The monoisotopic (exact) mass is 492 g/mol. The third kappa shape index (κ3) is 5.21. The number of fused-ring (bicyclic) bond motifs is 2. The van der Waals surface area contributed by atoms with E-state index in [1.165, 1.54) is 22.3 Å². The number of carbonyl (C=O) groups is 1. The van der Waals surface area contributed by atoms with Gasteiger partial charge in [-0.25, -0.2) is 4.39 Å². The van der Waals surface area contributed by atoms with Crippen LogP contribution in [0.15, 0.2) is 48.7 Å². The smallest absolute Gasteiger partial charge is 0.261 e. The minimum absolute atomic E-state index is 0.0458. The van der Waals surface area contributed by atoms with Crippen LogP contribution in [0.1, 0.15) is 41.4 Å². The lowest BCUT2D eigenvalue weighted by molar-refractivity contribution is 0.0938. The minimum Gasteiger partial charge on any atom is -0.367 e. The number of aromatic nitrogens is 1. The Bertz CT molecular complexity index is 1320. The molecule has 0 bridgehead atoms. The van der Waals surface area contributed by atoms with E-state index in [1.54, 1.807) is 6.07 Å². The number of rotatable bonds is 8. The molecule has 5 rings (SSSR count). The Kier molecular flexibility index (Phi) is 7.07. The predicted molar refractivity (Wildman–Crippen MR) is 144 cm³/mol. The molecule has 35 heavy (non-hydrogen) atoms. The summed E-state index contributed by atoms with van der Waals surface area (Å²) in [5.74, 6) is -0.291. The van der Waals surface area contributed by atoms with E-state index in [9.17, 15) is 9.18 Å². The highest BCUT2D eigenvalue weighted by molar-refractivity contribution is 7.20. The first kappa shape index (κ1) is 23.8. The number of aromatic amines is 1. The largest absolute Gasteiger partial charge is 0.367 e. The fourth-order valence-corrected chi connectivity index (χ4v) is 5.93. The minimum atomic E-state index is -0.216. The molecule has 4 aromatic rings. The maximum atomic E-state index is 14.9. The SMILES string of the molecule is CCCCC(Cc1c[nH]c2ccccc12)NC(=O)c1cc2cc(F)c(N3CCN(C)CC3)cc2s1. The van der Waals surface area contributed by atoms with Gasteiger partial charge in [-0.3, -0.25) is 4.79 Å². The standard InChI is InChI=1S/C28H33FN4OS/c1-3-4-7-21(14-20-18-30-24-9-6-5-8-22(20)24)31-28(34)27-16-19-15-23(29)25(17-26(19)35-27)33-12-10-32(2)11-13-33/h5-6,8-9,15-18,21,30H,3-4,7,10-14H2,1-2H3,(H,31,34). The number of halogens is 1. The van der Waals surface area contributed by atoms with Crippen molar-refractivity contribution < 1.29 is 9.18 Å². The number of likely N-dealkylation sites (N-methyl/N-ethyl adjacent to an activating group) is 1. The molecule has 1 atom stereocenters. The maximum absolute atomic E-state index is 14.9. The number of nitrogens with one attached hydrogen (secondary N) is 2. The second-order valence-corrected chi connectivity index (χ2v) is 10.7. The number of unbranched alkanes of at least 4 members (excludes halogenated alkanes) is 1. The average Bonchev–Trinajstić information content (AvgIpc) is 3.46. The van der Waals surface area contributed by atoms with Crippen molar-refractivity contribution in [3.63, 3.8) is 0 Å². The summed E-state index contributed by atoms with van der Waals surface area (Å²) in [6, 6.07) is 13.6. The van der Waals surface area contributed by atoms with E-state index >= 15 is 0 Å². The molecule has 1 unspecified atom stereocenters. The summed E-state index contributed by atoms with van der Waals surface area (Å²) >= 11 is 1.45. The molecule has 0 radical (unpaired) electrons. The van der Waals surface area contributed by atoms with E-state index in [4.69, 9.17) is 0 Å². The fraction of sp³-hybridized carbons (Fsp3) is 0.393. The normalized spacial score (nSPS) is 15.7. The molecule has 1 amide bonds. The number of piperazine rings is 1. The first-order chi connectivity index (χ1) is 17.0. The molecule has 2 N–H and O–H groups in total. The molecule has 1 fully saturated rings. The van der Waals surface area contributed by atoms with Gasteiger partial charge in [0.05, 0.1) is 10.6 Å². The zero-order chi connectivity index (χ0) is 24.4. The van der Waals surface area contributed by atoms with Gasteiger partial charge >= 0.3 is 0 Å². The number of nitrogens with zero attached hydrogens (tertiary/aromatic N) is 2. The Balaban J connectivity index is 1.34. The molecule has 0 spiro atoms. The van der Waals surface area contributed by atoms with Crippen LogP contribution in [0.3, 0.4) is 0 Å². The maximum Gasteiger partial charge on any atom is 0.261 e. The molecular formula is C28H33FN4OS. The number of benzene rings is 2. The zero-order valence-corrected chi connectivity index (χ0v) is 21.3.